The van der Waals surface area contributed by atoms with Gasteiger partial charge in [-0.25, -0.2) is 10.8 Å². The van der Waals surface area contributed by atoms with Crippen LogP contribution in [0.4, 0.5) is 19.0 Å². The van der Waals surface area contributed by atoms with Crippen molar-refractivity contribution in [3.05, 3.63) is 41.9 Å². The van der Waals surface area contributed by atoms with Crippen LogP contribution in [0.25, 0.3) is 0 Å². The van der Waals surface area contributed by atoms with Gasteiger partial charge in [0.1, 0.15) is 5.82 Å². The zero-order valence-electron chi connectivity index (χ0n) is 9.15. The maximum Gasteiger partial charge on any atom is 0.419 e. The predicted octanol–water partition coefficient (Wildman–Crippen LogP) is 1.63. The summed E-state index contributed by atoms with van der Waals surface area (Å²) in [6.07, 6.45) is -2.67. The molecule has 3 N–H and O–H groups in total. The fraction of sp³-hybridized carbons (Fsp3) is 0.200. The minimum atomic E-state index is -4.38. The van der Waals surface area contributed by atoms with Crippen LogP contribution in [0.15, 0.2) is 30.6 Å². The third-order valence-electron chi connectivity index (χ3n) is 2.24. The minimum Gasteiger partial charge on any atom is -0.308 e. The number of rotatable bonds is 3. The third-order valence-corrected chi connectivity index (χ3v) is 2.24. The SMILES string of the molecule is NNc1cccc(Cn2cc(C(F)(F)F)cn2)n1. The van der Waals surface area contributed by atoms with Gasteiger partial charge in [-0.05, 0) is 12.1 Å². The van der Waals surface area contributed by atoms with Crippen molar-refractivity contribution in [1.29, 1.82) is 0 Å². The lowest BCUT2D eigenvalue weighted by atomic mass is 10.3. The van der Waals surface area contributed by atoms with E-state index in [2.05, 4.69) is 15.5 Å². The summed E-state index contributed by atoms with van der Waals surface area (Å²) in [6, 6.07) is 5.02. The van der Waals surface area contributed by atoms with Gasteiger partial charge >= 0.3 is 6.18 Å². The molecule has 0 saturated heterocycles. The molecule has 2 heterocycles. The van der Waals surface area contributed by atoms with E-state index in [1.54, 1.807) is 18.2 Å². The summed E-state index contributed by atoms with van der Waals surface area (Å²) in [5.41, 5.74) is 2.14. The van der Waals surface area contributed by atoms with Gasteiger partial charge in [0.2, 0.25) is 0 Å². The van der Waals surface area contributed by atoms with Gasteiger partial charge in [-0.3, -0.25) is 4.68 Å². The van der Waals surface area contributed by atoms with E-state index >= 15 is 0 Å². The molecule has 0 aromatic carbocycles. The van der Waals surface area contributed by atoms with Crippen LogP contribution >= 0.6 is 0 Å². The van der Waals surface area contributed by atoms with Gasteiger partial charge < -0.3 is 5.43 Å². The number of hydrazine groups is 1. The molecule has 0 unspecified atom stereocenters. The molecule has 0 radical (unpaired) electrons. The molecule has 18 heavy (non-hydrogen) atoms. The van der Waals surface area contributed by atoms with Crippen LogP contribution in [0.2, 0.25) is 0 Å². The molecule has 0 aliphatic rings. The first-order valence-electron chi connectivity index (χ1n) is 5.01. The quantitative estimate of drug-likeness (QED) is 0.647. The fourth-order valence-corrected chi connectivity index (χ4v) is 1.41. The fourth-order valence-electron chi connectivity index (χ4n) is 1.41. The molecule has 0 aliphatic carbocycles. The van der Waals surface area contributed by atoms with Crippen molar-refractivity contribution in [3.8, 4) is 0 Å². The minimum absolute atomic E-state index is 0.144. The maximum absolute atomic E-state index is 12.4. The number of anilines is 1. The monoisotopic (exact) mass is 257 g/mol. The highest BCUT2D eigenvalue weighted by Crippen LogP contribution is 2.28. The summed E-state index contributed by atoms with van der Waals surface area (Å²) in [6.45, 7) is 0.144. The molecule has 0 amide bonds. The van der Waals surface area contributed by atoms with Crippen molar-refractivity contribution in [2.24, 2.45) is 5.84 Å². The summed E-state index contributed by atoms with van der Waals surface area (Å²) in [7, 11) is 0. The molecule has 96 valence electrons. The molecule has 2 aromatic heterocycles. The van der Waals surface area contributed by atoms with Crippen molar-refractivity contribution in [3.63, 3.8) is 0 Å². The number of aromatic nitrogens is 3. The molecule has 0 spiro atoms. The molecule has 8 heteroatoms. The number of nitrogens with two attached hydrogens (primary N) is 1. The Labute approximate surface area is 100 Å². The zero-order valence-corrected chi connectivity index (χ0v) is 9.15. The second-order valence-corrected chi connectivity index (χ2v) is 3.58. The molecular formula is C10H10F3N5. The Bertz CT molecular complexity index is 534. The molecule has 2 rings (SSSR count). The van der Waals surface area contributed by atoms with Gasteiger partial charge in [-0.1, -0.05) is 6.07 Å². The normalized spacial score (nSPS) is 11.6. The average molecular weight is 257 g/mol. The van der Waals surface area contributed by atoms with Gasteiger partial charge in [0.25, 0.3) is 0 Å². The van der Waals surface area contributed by atoms with E-state index in [0.717, 1.165) is 12.4 Å². The Balaban J connectivity index is 2.16. The van der Waals surface area contributed by atoms with Gasteiger partial charge in [-0.2, -0.15) is 18.3 Å². The molecule has 2 aromatic rings. The van der Waals surface area contributed by atoms with Crippen molar-refractivity contribution in [1.82, 2.24) is 14.8 Å². The number of hydrogen-bond acceptors (Lipinski definition) is 4. The molecule has 0 saturated carbocycles. The number of halogens is 3. The number of alkyl halides is 3. The summed E-state index contributed by atoms with van der Waals surface area (Å²) < 4.78 is 38.3. The maximum atomic E-state index is 12.4. The molecule has 0 bridgehead atoms. The summed E-state index contributed by atoms with van der Waals surface area (Å²) in [4.78, 5) is 4.08. The van der Waals surface area contributed by atoms with Crippen LogP contribution in [0.3, 0.4) is 0 Å². The number of nitrogens with one attached hydrogen (secondary N) is 1. The van der Waals surface area contributed by atoms with Crippen molar-refractivity contribution in [2.75, 3.05) is 5.43 Å². The van der Waals surface area contributed by atoms with Gasteiger partial charge in [0.15, 0.2) is 0 Å². The Morgan fingerprint density at radius 3 is 2.72 bits per heavy atom. The number of nitrogens with zero attached hydrogens (tertiary/aromatic N) is 3. The molecule has 0 atom stereocenters. The second-order valence-electron chi connectivity index (χ2n) is 3.58. The first-order chi connectivity index (χ1) is 8.49. The van der Waals surface area contributed by atoms with Crippen LogP contribution in [0.1, 0.15) is 11.3 Å². The van der Waals surface area contributed by atoms with Crippen molar-refractivity contribution in [2.45, 2.75) is 12.7 Å². The van der Waals surface area contributed by atoms with Crippen LogP contribution in [-0.4, -0.2) is 14.8 Å². The topological polar surface area (TPSA) is 68.8 Å². The average Bonchev–Trinajstić information content (AvgIpc) is 2.77. The van der Waals surface area contributed by atoms with Crippen molar-refractivity contribution >= 4 is 5.82 Å². The first kappa shape index (κ1) is 12.4. The van der Waals surface area contributed by atoms with E-state index in [1.807, 2.05) is 0 Å². The highest BCUT2D eigenvalue weighted by atomic mass is 19.4. The highest BCUT2D eigenvalue weighted by Gasteiger charge is 2.32. The number of hydrogen-bond donors (Lipinski definition) is 2. The van der Waals surface area contributed by atoms with E-state index in [9.17, 15) is 13.2 Å². The molecule has 0 fully saturated rings. The lowest BCUT2D eigenvalue weighted by Gasteiger charge is -2.04. The lowest BCUT2D eigenvalue weighted by Crippen LogP contribution is -2.10. The summed E-state index contributed by atoms with van der Waals surface area (Å²) in [5, 5.41) is 3.64. The lowest BCUT2D eigenvalue weighted by molar-refractivity contribution is -0.137. The van der Waals surface area contributed by atoms with Crippen LogP contribution < -0.4 is 11.3 Å². The van der Waals surface area contributed by atoms with E-state index in [1.165, 1.54) is 4.68 Å². The van der Waals surface area contributed by atoms with Crippen molar-refractivity contribution < 1.29 is 13.2 Å². The smallest absolute Gasteiger partial charge is 0.308 e. The van der Waals surface area contributed by atoms with E-state index in [-0.39, 0.29) is 6.54 Å². The third kappa shape index (κ3) is 2.77. The van der Waals surface area contributed by atoms with Crippen LogP contribution in [0, 0.1) is 0 Å². The molecule has 5 nitrogen and oxygen atoms in total. The highest BCUT2D eigenvalue weighted by molar-refractivity contribution is 5.33. The second kappa shape index (κ2) is 4.65. The van der Waals surface area contributed by atoms with E-state index in [0.29, 0.717) is 11.5 Å². The van der Waals surface area contributed by atoms with Gasteiger partial charge in [0, 0.05) is 6.20 Å². The Hall–Kier alpha value is -2.09. The molecular weight excluding hydrogens is 247 g/mol. The first-order valence-corrected chi connectivity index (χ1v) is 5.01. The standard InChI is InChI=1S/C10H10F3N5/c11-10(12,13)7-4-15-18(5-7)6-8-2-1-3-9(16-8)17-14/h1-5H,6,14H2,(H,16,17). The van der Waals surface area contributed by atoms with Gasteiger partial charge in [0.05, 0.1) is 24.0 Å². The van der Waals surface area contributed by atoms with E-state index in [4.69, 9.17) is 5.84 Å². The Kier molecular flexibility index (Phi) is 3.19. The summed E-state index contributed by atoms with van der Waals surface area (Å²) in [5.74, 6) is 5.63. The number of nitrogen functional groups attached to an aromatic ring is 1. The largest absolute Gasteiger partial charge is 0.419 e. The summed E-state index contributed by atoms with van der Waals surface area (Å²) >= 11 is 0. The Morgan fingerprint density at radius 1 is 1.33 bits per heavy atom. The molecule has 0 aliphatic heterocycles. The van der Waals surface area contributed by atoms with E-state index < -0.39 is 11.7 Å². The van der Waals surface area contributed by atoms with Gasteiger partial charge in [-0.15, -0.1) is 0 Å². The van der Waals surface area contributed by atoms with Crippen LogP contribution in [0.5, 0.6) is 0 Å². The Morgan fingerprint density at radius 2 is 2.11 bits per heavy atom. The van der Waals surface area contributed by atoms with Crippen LogP contribution in [-0.2, 0) is 12.7 Å². The predicted molar refractivity (Wildman–Crippen MR) is 58.4 cm³/mol. The zero-order chi connectivity index (χ0) is 13.2. The number of pyridine rings is 1.